The van der Waals surface area contributed by atoms with E-state index in [1.165, 1.54) is 4.90 Å². The number of nitrogens with zero attached hydrogens (tertiary/aromatic N) is 1. The topological polar surface area (TPSA) is 46.6 Å². The molecule has 0 unspecified atom stereocenters. The van der Waals surface area contributed by atoms with E-state index in [1.54, 1.807) is 13.0 Å². The summed E-state index contributed by atoms with van der Waals surface area (Å²) < 4.78 is 5.86. The zero-order valence-electron chi connectivity index (χ0n) is 12.5. The van der Waals surface area contributed by atoms with E-state index >= 15 is 0 Å². The average molecular weight is 305 g/mol. The van der Waals surface area contributed by atoms with Gasteiger partial charge in [0, 0.05) is 12.1 Å². The van der Waals surface area contributed by atoms with Crippen LogP contribution in [0.15, 0.2) is 29.2 Å². The fourth-order valence-corrected chi connectivity index (χ4v) is 2.81. The molecular weight excluding hydrogens is 286 g/mol. The van der Waals surface area contributed by atoms with E-state index in [-0.39, 0.29) is 17.3 Å². The van der Waals surface area contributed by atoms with Crippen molar-refractivity contribution in [1.29, 1.82) is 0 Å². The normalized spacial score (nSPS) is 18.4. The number of para-hydroxylation sites is 1. The molecule has 0 aliphatic carbocycles. The zero-order chi connectivity index (χ0) is 15.4. The SMILES string of the molecule is CC[C@H](C)Oc1ccccc1/C=C1/SC(=O)N(CC)C1=O. The quantitative estimate of drug-likeness (QED) is 0.774. The maximum Gasteiger partial charge on any atom is 0.293 e. The Labute approximate surface area is 129 Å². The molecule has 1 atom stereocenters. The van der Waals surface area contributed by atoms with Gasteiger partial charge in [-0.1, -0.05) is 25.1 Å². The highest BCUT2D eigenvalue weighted by molar-refractivity contribution is 8.18. The third kappa shape index (κ3) is 3.47. The van der Waals surface area contributed by atoms with Crippen molar-refractivity contribution in [2.45, 2.75) is 33.3 Å². The first-order valence-corrected chi connectivity index (χ1v) is 7.89. The molecule has 0 saturated carbocycles. The van der Waals surface area contributed by atoms with Crippen LogP contribution in [0.25, 0.3) is 6.08 Å². The lowest BCUT2D eigenvalue weighted by Crippen LogP contribution is -2.27. The van der Waals surface area contributed by atoms with Crippen molar-refractivity contribution >= 4 is 29.0 Å². The Hall–Kier alpha value is -1.75. The Balaban J connectivity index is 2.29. The number of benzene rings is 1. The number of ether oxygens (including phenoxy) is 1. The van der Waals surface area contributed by atoms with Gasteiger partial charge >= 0.3 is 0 Å². The Morgan fingerprint density at radius 3 is 2.62 bits per heavy atom. The minimum atomic E-state index is -0.231. The Kier molecular flexibility index (Phi) is 5.07. The molecule has 0 radical (unpaired) electrons. The number of thioether (sulfide) groups is 1. The summed E-state index contributed by atoms with van der Waals surface area (Å²) in [6, 6.07) is 7.55. The molecule has 0 aromatic heterocycles. The number of imide groups is 1. The number of amides is 2. The number of likely N-dealkylation sites (N-methyl/N-ethyl adjacent to an activating group) is 1. The van der Waals surface area contributed by atoms with Gasteiger partial charge in [0.05, 0.1) is 11.0 Å². The van der Waals surface area contributed by atoms with Gasteiger partial charge in [-0.25, -0.2) is 0 Å². The first-order valence-electron chi connectivity index (χ1n) is 7.07. The number of carbonyl (C=O) groups is 2. The molecule has 0 spiro atoms. The Morgan fingerprint density at radius 2 is 2.00 bits per heavy atom. The van der Waals surface area contributed by atoms with Gasteiger partial charge in [0.15, 0.2) is 0 Å². The van der Waals surface area contributed by atoms with Gasteiger partial charge in [-0.3, -0.25) is 14.5 Å². The number of rotatable bonds is 5. The van der Waals surface area contributed by atoms with Crippen LogP contribution in [0.3, 0.4) is 0 Å². The summed E-state index contributed by atoms with van der Waals surface area (Å²) in [5.74, 6) is 0.501. The molecule has 0 bridgehead atoms. The summed E-state index contributed by atoms with van der Waals surface area (Å²) in [4.78, 5) is 25.5. The van der Waals surface area contributed by atoms with Crippen molar-refractivity contribution in [3.8, 4) is 5.75 Å². The van der Waals surface area contributed by atoms with Gasteiger partial charge in [-0.05, 0) is 44.2 Å². The second-order valence-electron chi connectivity index (χ2n) is 4.80. The average Bonchev–Trinajstić information content (AvgIpc) is 2.74. The van der Waals surface area contributed by atoms with Crippen molar-refractivity contribution in [2.24, 2.45) is 0 Å². The second kappa shape index (κ2) is 6.80. The van der Waals surface area contributed by atoms with E-state index in [0.717, 1.165) is 29.5 Å². The van der Waals surface area contributed by atoms with E-state index in [9.17, 15) is 9.59 Å². The summed E-state index contributed by atoms with van der Waals surface area (Å²) in [5.41, 5.74) is 0.819. The summed E-state index contributed by atoms with van der Waals surface area (Å²) >= 11 is 0.978. The van der Waals surface area contributed by atoms with Gasteiger partial charge in [0.1, 0.15) is 5.75 Å². The van der Waals surface area contributed by atoms with Crippen LogP contribution in [0.4, 0.5) is 4.79 Å². The van der Waals surface area contributed by atoms with Gasteiger partial charge < -0.3 is 4.74 Å². The van der Waals surface area contributed by atoms with Crippen LogP contribution in [0.1, 0.15) is 32.8 Å². The number of hydrogen-bond donors (Lipinski definition) is 0. The van der Waals surface area contributed by atoms with E-state index in [2.05, 4.69) is 6.92 Å². The first-order chi connectivity index (χ1) is 10.1. The molecule has 112 valence electrons. The Morgan fingerprint density at radius 1 is 1.29 bits per heavy atom. The lowest BCUT2D eigenvalue weighted by atomic mass is 10.1. The van der Waals surface area contributed by atoms with E-state index < -0.39 is 0 Å². The minimum absolute atomic E-state index is 0.102. The predicted molar refractivity (Wildman–Crippen MR) is 85.2 cm³/mol. The fourth-order valence-electron chi connectivity index (χ4n) is 1.92. The molecule has 2 amide bonds. The highest BCUT2D eigenvalue weighted by Crippen LogP contribution is 2.33. The smallest absolute Gasteiger partial charge is 0.293 e. The minimum Gasteiger partial charge on any atom is -0.490 e. The molecule has 1 saturated heterocycles. The summed E-state index contributed by atoms with van der Waals surface area (Å²) in [6.07, 6.45) is 2.74. The maximum absolute atomic E-state index is 12.1. The van der Waals surface area contributed by atoms with Crippen LogP contribution < -0.4 is 4.74 Å². The van der Waals surface area contributed by atoms with E-state index in [1.807, 2.05) is 31.2 Å². The molecule has 5 heteroatoms. The monoisotopic (exact) mass is 305 g/mol. The number of hydrogen-bond acceptors (Lipinski definition) is 4. The molecule has 1 aliphatic rings. The largest absolute Gasteiger partial charge is 0.490 e. The van der Waals surface area contributed by atoms with Gasteiger partial charge in [0.2, 0.25) is 0 Å². The standard InChI is InChI=1S/C16H19NO3S/c1-4-11(3)20-13-9-7-6-8-12(13)10-14-15(18)17(5-2)16(19)21-14/h6-11H,4-5H2,1-3H3/b14-10+/t11-/m0/s1. The summed E-state index contributed by atoms with van der Waals surface area (Å²) in [6.45, 7) is 6.24. The molecule has 1 aromatic rings. The molecule has 1 aliphatic heterocycles. The van der Waals surface area contributed by atoms with E-state index in [4.69, 9.17) is 4.74 Å². The van der Waals surface area contributed by atoms with Crippen LogP contribution >= 0.6 is 11.8 Å². The second-order valence-corrected chi connectivity index (χ2v) is 5.79. The van der Waals surface area contributed by atoms with Crippen molar-refractivity contribution in [3.05, 3.63) is 34.7 Å². The number of carbonyl (C=O) groups excluding carboxylic acids is 2. The van der Waals surface area contributed by atoms with Crippen LogP contribution in [-0.4, -0.2) is 28.7 Å². The molecule has 4 nitrogen and oxygen atoms in total. The van der Waals surface area contributed by atoms with Crippen LogP contribution in [0.5, 0.6) is 5.75 Å². The summed E-state index contributed by atoms with van der Waals surface area (Å²) in [7, 11) is 0. The highest BCUT2D eigenvalue weighted by Gasteiger charge is 2.33. The fraction of sp³-hybridized carbons (Fsp3) is 0.375. The molecule has 2 rings (SSSR count). The lowest BCUT2D eigenvalue weighted by molar-refractivity contribution is -0.122. The predicted octanol–water partition coefficient (Wildman–Crippen LogP) is 3.92. The molecule has 0 N–H and O–H groups in total. The summed E-state index contributed by atoms with van der Waals surface area (Å²) in [5, 5.41) is -0.214. The molecule has 1 aromatic carbocycles. The first kappa shape index (κ1) is 15.6. The van der Waals surface area contributed by atoms with Crippen LogP contribution in [-0.2, 0) is 4.79 Å². The maximum atomic E-state index is 12.1. The van der Waals surface area contributed by atoms with Crippen molar-refractivity contribution in [2.75, 3.05) is 6.54 Å². The van der Waals surface area contributed by atoms with Crippen LogP contribution in [0.2, 0.25) is 0 Å². The highest BCUT2D eigenvalue weighted by atomic mass is 32.2. The lowest BCUT2D eigenvalue weighted by Gasteiger charge is -2.14. The zero-order valence-corrected chi connectivity index (χ0v) is 13.3. The molecule has 21 heavy (non-hydrogen) atoms. The van der Waals surface area contributed by atoms with Crippen molar-refractivity contribution in [3.63, 3.8) is 0 Å². The third-order valence-corrected chi connectivity index (χ3v) is 4.21. The molecule has 1 heterocycles. The van der Waals surface area contributed by atoms with Gasteiger partial charge in [0.25, 0.3) is 11.1 Å². The molecule has 1 fully saturated rings. The van der Waals surface area contributed by atoms with E-state index in [0.29, 0.717) is 11.4 Å². The van der Waals surface area contributed by atoms with Crippen molar-refractivity contribution in [1.82, 2.24) is 4.90 Å². The van der Waals surface area contributed by atoms with Gasteiger partial charge in [-0.15, -0.1) is 0 Å². The Bertz CT molecular complexity index is 583. The molecular formula is C16H19NO3S. The van der Waals surface area contributed by atoms with Crippen molar-refractivity contribution < 1.29 is 14.3 Å². The van der Waals surface area contributed by atoms with Gasteiger partial charge in [-0.2, -0.15) is 0 Å². The van der Waals surface area contributed by atoms with Crippen LogP contribution in [0, 0.1) is 0 Å². The third-order valence-electron chi connectivity index (χ3n) is 3.30.